The molecular weight excluding hydrogens is 450 g/mol. The summed E-state index contributed by atoms with van der Waals surface area (Å²) in [6.45, 7) is 6.04. The van der Waals surface area contributed by atoms with Crippen LogP contribution in [0.2, 0.25) is 0 Å². The van der Waals surface area contributed by atoms with E-state index in [-0.39, 0.29) is 28.9 Å². The normalized spacial score (nSPS) is 23.2. The molecular formula is C22H23BrN3O2S+. The van der Waals surface area contributed by atoms with Crippen molar-refractivity contribution in [1.82, 2.24) is 5.32 Å². The van der Waals surface area contributed by atoms with Crippen LogP contribution in [0.5, 0.6) is 0 Å². The van der Waals surface area contributed by atoms with Crippen LogP contribution >= 0.6 is 27.3 Å². The maximum Gasteiger partial charge on any atom is 0.337 e. The van der Waals surface area contributed by atoms with Crippen LogP contribution in [0.4, 0.5) is 5.82 Å². The molecule has 2 aliphatic rings. The van der Waals surface area contributed by atoms with Crippen LogP contribution in [0.3, 0.4) is 0 Å². The van der Waals surface area contributed by atoms with Gasteiger partial charge in [-0.25, -0.2) is 15.1 Å². The SMILES string of the molecule is CC1=C(C(=O)Nc2cccc[nH+]2)C(c2ccc(Br)s2)C2C(=O)CC(C)(C)C=C2N1. The van der Waals surface area contributed by atoms with Crippen LogP contribution in [-0.4, -0.2) is 11.7 Å². The molecule has 1 aliphatic heterocycles. The molecule has 3 N–H and O–H groups in total. The lowest BCUT2D eigenvalue weighted by atomic mass is 9.68. The van der Waals surface area contributed by atoms with Crippen molar-refractivity contribution < 1.29 is 14.6 Å². The molecule has 0 fully saturated rings. The number of aromatic nitrogens is 1. The number of hydrogen-bond donors (Lipinski definition) is 2. The van der Waals surface area contributed by atoms with E-state index < -0.39 is 0 Å². The van der Waals surface area contributed by atoms with Gasteiger partial charge in [-0.15, -0.1) is 11.3 Å². The van der Waals surface area contributed by atoms with Crippen molar-refractivity contribution in [2.45, 2.75) is 33.1 Å². The number of nitrogens with one attached hydrogen (secondary N) is 3. The van der Waals surface area contributed by atoms with Gasteiger partial charge in [0.25, 0.3) is 5.82 Å². The van der Waals surface area contributed by atoms with Gasteiger partial charge in [0.15, 0.2) is 0 Å². The van der Waals surface area contributed by atoms with Gasteiger partial charge in [0.05, 0.1) is 21.5 Å². The molecule has 1 aliphatic carbocycles. The molecule has 2 atom stereocenters. The van der Waals surface area contributed by atoms with Gasteiger partial charge in [0.2, 0.25) is 0 Å². The van der Waals surface area contributed by atoms with Crippen molar-refractivity contribution in [3.05, 3.63) is 68.2 Å². The third-order valence-corrected chi connectivity index (χ3v) is 7.05. The van der Waals surface area contributed by atoms with Crippen molar-refractivity contribution in [1.29, 1.82) is 0 Å². The lowest BCUT2D eigenvalue weighted by molar-refractivity contribution is -0.360. The van der Waals surface area contributed by atoms with Gasteiger partial charge in [0.1, 0.15) is 5.78 Å². The number of carbonyl (C=O) groups excluding carboxylic acids is 2. The van der Waals surface area contributed by atoms with E-state index in [1.807, 2.05) is 31.2 Å². The largest absolute Gasteiger partial charge is 0.362 e. The van der Waals surface area contributed by atoms with Crippen molar-refractivity contribution >= 4 is 44.8 Å². The lowest BCUT2D eigenvalue weighted by Crippen LogP contribution is -2.44. The minimum atomic E-state index is -0.377. The molecule has 5 nitrogen and oxygen atoms in total. The van der Waals surface area contributed by atoms with E-state index in [9.17, 15) is 9.59 Å². The van der Waals surface area contributed by atoms with Gasteiger partial charge in [-0.3, -0.25) is 4.79 Å². The van der Waals surface area contributed by atoms with E-state index >= 15 is 0 Å². The number of pyridine rings is 1. The molecule has 29 heavy (non-hydrogen) atoms. The lowest BCUT2D eigenvalue weighted by Gasteiger charge is -2.40. The Morgan fingerprint density at radius 3 is 2.72 bits per heavy atom. The molecule has 2 unspecified atom stereocenters. The molecule has 0 bridgehead atoms. The average Bonchev–Trinajstić information content (AvgIpc) is 3.06. The number of Topliss-reactive ketones (excluding diaryl/α,β-unsaturated/α-hetero) is 1. The number of hydrogen-bond acceptors (Lipinski definition) is 4. The molecule has 2 aromatic rings. The van der Waals surface area contributed by atoms with Crippen LogP contribution in [-0.2, 0) is 9.59 Å². The second-order valence-corrected chi connectivity index (χ2v) is 10.7. The van der Waals surface area contributed by atoms with Crippen LogP contribution in [0, 0.1) is 11.3 Å². The summed E-state index contributed by atoms with van der Waals surface area (Å²) in [6, 6.07) is 9.49. The third kappa shape index (κ3) is 3.94. The van der Waals surface area contributed by atoms with Crippen LogP contribution in [0.25, 0.3) is 0 Å². The number of amides is 1. The van der Waals surface area contributed by atoms with Crippen molar-refractivity contribution in [3.63, 3.8) is 0 Å². The molecule has 1 amide bonds. The maximum atomic E-state index is 13.3. The van der Waals surface area contributed by atoms with Crippen LogP contribution in [0.15, 0.2) is 63.4 Å². The zero-order valence-electron chi connectivity index (χ0n) is 16.5. The first-order valence-corrected chi connectivity index (χ1v) is 11.1. The fraction of sp³-hybridized carbons (Fsp3) is 0.318. The molecule has 0 spiro atoms. The average molecular weight is 473 g/mol. The first-order chi connectivity index (χ1) is 13.7. The summed E-state index contributed by atoms with van der Waals surface area (Å²) < 4.78 is 0.981. The Morgan fingerprint density at radius 1 is 1.28 bits per heavy atom. The minimum absolute atomic E-state index is 0.165. The van der Waals surface area contributed by atoms with Crippen molar-refractivity contribution in [2.24, 2.45) is 11.3 Å². The first-order valence-electron chi connectivity index (χ1n) is 9.52. The number of ketones is 1. The molecule has 7 heteroatoms. The number of anilines is 1. The van der Waals surface area contributed by atoms with Gasteiger partial charge in [-0.05, 0) is 46.5 Å². The summed E-state index contributed by atoms with van der Waals surface area (Å²) in [5.41, 5.74) is 2.09. The summed E-state index contributed by atoms with van der Waals surface area (Å²) in [5.74, 6) is -0.118. The topological polar surface area (TPSA) is 72.3 Å². The number of fused-ring (bicyclic) bond motifs is 1. The predicted molar refractivity (Wildman–Crippen MR) is 117 cm³/mol. The number of carbonyl (C=O) groups is 2. The number of aromatic amines is 1. The van der Waals surface area contributed by atoms with Crippen LogP contribution < -0.4 is 15.6 Å². The van der Waals surface area contributed by atoms with E-state index in [0.29, 0.717) is 17.8 Å². The molecule has 2 aromatic heterocycles. The fourth-order valence-corrected chi connectivity index (χ4v) is 5.80. The summed E-state index contributed by atoms with van der Waals surface area (Å²) in [6.07, 6.45) is 4.38. The molecule has 0 aromatic carbocycles. The fourth-order valence-electron chi connectivity index (χ4n) is 4.23. The highest BCUT2D eigenvalue weighted by molar-refractivity contribution is 9.11. The Morgan fingerprint density at radius 2 is 2.07 bits per heavy atom. The second-order valence-electron chi connectivity index (χ2n) is 8.22. The number of thiophene rings is 1. The molecule has 3 heterocycles. The van der Waals surface area contributed by atoms with E-state index in [4.69, 9.17) is 0 Å². The number of allylic oxidation sites excluding steroid dienone is 3. The summed E-state index contributed by atoms with van der Waals surface area (Å²) in [4.78, 5) is 30.6. The third-order valence-electron chi connectivity index (χ3n) is 5.34. The van der Waals surface area contributed by atoms with Crippen LogP contribution in [0.1, 0.15) is 38.0 Å². The predicted octanol–water partition coefficient (Wildman–Crippen LogP) is 4.42. The highest BCUT2D eigenvalue weighted by Gasteiger charge is 2.47. The Kier molecular flexibility index (Phi) is 5.21. The number of halogens is 1. The first kappa shape index (κ1) is 20.0. The standard InChI is InChI=1S/C22H22BrN3O2S/c1-12-18(21(28)26-17-6-4-5-9-24-17)20(15-7-8-16(23)29-15)19-13(25-12)10-22(2,3)11-14(19)27/h4-10,19-20,25H,11H2,1-3H3,(H,24,26,28)/p+1. The number of H-pyrrole nitrogens is 1. The smallest absolute Gasteiger partial charge is 0.337 e. The van der Waals surface area contributed by atoms with Gasteiger partial charge in [-0.2, -0.15) is 0 Å². The zero-order chi connectivity index (χ0) is 20.8. The quantitative estimate of drug-likeness (QED) is 0.693. The van der Waals surface area contributed by atoms with E-state index in [1.165, 1.54) is 0 Å². The molecule has 0 saturated carbocycles. The zero-order valence-corrected chi connectivity index (χ0v) is 18.9. The van der Waals surface area contributed by atoms with Gasteiger partial charge < -0.3 is 5.32 Å². The Hall–Kier alpha value is -2.25. The highest BCUT2D eigenvalue weighted by Crippen LogP contribution is 2.48. The number of rotatable bonds is 3. The second kappa shape index (κ2) is 7.54. The summed E-state index contributed by atoms with van der Waals surface area (Å²) in [7, 11) is 0. The molecule has 0 saturated heterocycles. The molecule has 0 radical (unpaired) electrons. The van der Waals surface area contributed by atoms with Gasteiger partial charge in [-0.1, -0.05) is 26.0 Å². The highest BCUT2D eigenvalue weighted by atomic mass is 79.9. The summed E-state index contributed by atoms with van der Waals surface area (Å²) in [5, 5.41) is 6.31. The Bertz CT molecular complexity index is 1040. The van der Waals surface area contributed by atoms with Crippen molar-refractivity contribution in [2.75, 3.05) is 5.32 Å². The maximum absolute atomic E-state index is 13.3. The monoisotopic (exact) mass is 472 g/mol. The van der Waals surface area contributed by atoms with Crippen molar-refractivity contribution in [3.8, 4) is 0 Å². The molecule has 150 valence electrons. The molecule has 4 rings (SSSR count). The van der Waals surface area contributed by atoms with Gasteiger partial charge in [0, 0.05) is 34.7 Å². The summed E-state index contributed by atoms with van der Waals surface area (Å²) >= 11 is 5.10. The minimum Gasteiger partial charge on any atom is -0.362 e. The van der Waals surface area contributed by atoms with E-state index in [2.05, 4.69) is 51.5 Å². The van der Waals surface area contributed by atoms with E-state index in [1.54, 1.807) is 23.6 Å². The van der Waals surface area contributed by atoms with Gasteiger partial charge >= 0.3 is 5.91 Å². The Balaban J connectivity index is 1.81. The van der Waals surface area contributed by atoms with E-state index in [0.717, 1.165) is 20.1 Å². The Labute approximate surface area is 182 Å².